The molecule has 0 saturated heterocycles. The van der Waals surface area contributed by atoms with Crippen molar-refractivity contribution in [3.8, 4) is 0 Å². The topological polar surface area (TPSA) is 44.5 Å². The average molecular weight is 340 g/mol. The molecule has 1 saturated carbocycles. The molecule has 5 heteroatoms. The summed E-state index contributed by atoms with van der Waals surface area (Å²) in [5.41, 5.74) is 3.92. The van der Waals surface area contributed by atoms with Crippen LogP contribution in [-0.2, 0) is 19.5 Å². The molecule has 1 fully saturated rings. The van der Waals surface area contributed by atoms with Gasteiger partial charge in [-0.1, -0.05) is 30.3 Å². The van der Waals surface area contributed by atoms with E-state index in [0.29, 0.717) is 12.6 Å². The standard InChI is InChI=1S/C20H28N4O/c1-22(11-16-5-3-2-4-6-16)12-18(25)13-23-10-9-20-19(14-23)21-15-24(20)17-7-8-17/h2-6,15,17-18,25H,7-14H2,1H3. The minimum absolute atomic E-state index is 0.333. The SMILES string of the molecule is CN(Cc1ccccc1)CC(O)CN1CCc2c(ncn2C2CC2)C1. The Morgan fingerprint density at radius 1 is 1.28 bits per heavy atom. The Bertz CT molecular complexity index is 695. The zero-order valence-electron chi connectivity index (χ0n) is 15.0. The summed E-state index contributed by atoms with van der Waals surface area (Å²) < 4.78 is 2.39. The Kier molecular flexibility index (Phi) is 4.88. The number of rotatable bonds is 7. The summed E-state index contributed by atoms with van der Waals surface area (Å²) >= 11 is 0. The lowest BCUT2D eigenvalue weighted by Crippen LogP contribution is -2.41. The molecule has 2 aliphatic rings. The predicted octanol–water partition coefficient (Wildman–Crippen LogP) is 2.07. The maximum absolute atomic E-state index is 10.5. The van der Waals surface area contributed by atoms with E-state index in [2.05, 4.69) is 50.7 Å². The second-order valence-corrected chi connectivity index (χ2v) is 7.60. The van der Waals surface area contributed by atoms with E-state index in [1.54, 1.807) is 0 Å². The summed E-state index contributed by atoms with van der Waals surface area (Å²) in [4.78, 5) is 9.15. The molecule has 1 aromatic heterocycles. The van der Waals surface area contributed by atoms with Crippen LogP contribution in [-0.4, -0.2) is 57.2 Å². The third kappa shape index (κ3) is 4.11. The lowest BCUT2D eigenvalue weighted by atomic mass is 10.1. The van der Waals surface area contributed by atoms with Gasteiger partial charge in [-0.15, -0.1) is 0 Å². The molecule has 1 aliphatic heterocycles. The first kappa shape index (κ1) is 16.8. The lowest BCUT2D eigenvalue weighted by Gasteiger charge is -2.30. The minimum atomic E-state index is -0.333. The van der Waals surface area contributed by atoms with Crippen LogP contribution in [0.4, 0.5) is 0 Å². The molecule has 0 bridgehead atoms. The van der Waals surface area contributed by atoms with Gasteiger partial charge in [-0.25, -0.2) is 4.98 Å². The van der Waals surface area contributed by atoms with Gasteiger partial charge >= 0.3 is 0 Å². The van der Waals surface area contributed by atoms with Gasteiger partial charge in [0, 0.05) is 50.9 Å². The number of fused-ring (bicyclic) bond motifs is 1. The van der Waals surface area contributed by atoms with Crippen molar-refractivity contribution in [2.24, 2.45) is 0 Å². The molecule has 1 aromatic carbocycles. The van der Waals surface area contributed by atoms with E-state index in [4.69, 9.17) is 0 Å². The van der Waals surface area contributed by atoms with E-state index in [9.17, 15) is 5.11 Å². The maximum Gasteiger partial charge on any atom is 0.0954 e. The summed E-state index contributed by atoms with van der Waals surface area (Å²) in [5.74, 6) is 0. The quantitative estimate of drug-likeness (QED) is 0.838. The fraction of sp³-hybridized carbons (Fsp3) is 0.550. The van der Waals surface area contributed by atoms with Gasteiger partial charge in [0.25, 0.3) is 0 Å². The number of likely N-dealkylation sites (N-methyl/N-ethyl adjacent to an activating group) is 1. The van der Waals surface area contributed by atoms with E-state index in [-0.39, 0.29) is 6.10 Å². The molecule has 134 valence electrons. The van der Waals surface area contributed by atoms with E-state index in [1.165, 1.54) is 29.8 Å². The van der Waals surface area contributed by atoms with Crippen LogP contribution >= 0.6 is 0 Å². The molecule has 1 N–H and O–H groups in total. The first-order chi connectivity index (χ1) is 12.2. The highest BCUT2D eigenvalue weighted by molar-refractivity contribution is 5.19. The van der Waals surface area contributed by atoms with Crippen molar-refractivity contribution in [2.45, 2.75) is 44.5 Å². The van der Waals surface area contributed by atoms with Crippen LogP contribution in [0.5, 0.6) is 0 Å². The van der Waals surface area contributed by atoms with Gasteiger partial charge in [-0.05, 0) is 25.5 Å². The summed E-state index contributed by atoms with van der Waals surface area (Å²) in [6, 6.07) is 11.1. The largest absolute Gasteiger partial charge is 0.390 e. The van der Waals surface area contributed by atoms with Crippen molar-refractivity contribution < 1.29 is 5.11 Å². The number of aliphatic hydroxyl groups is 1. The molecule has 0 spiro atoms. The number of aromatic nitrogens is 2. The molecule has 2 heterocycles. The molecular formula is C20H28N4O. The van der Waals surface area contributed by atoms with Gasteiger partial charge in [0.2, 0.25) is 0 Å². The molecule has 25 heavy (non-hydrogen) atoms. The Morgan fingerprint density at radius 3 is 2.84 bits per heavy atom. The number of imidazole rings is 1. The van der Waals surface area contributed by atoms with Crippen LogP contribution in [0.3, 0.4) is 0 Å². The molecule has 1 aliphatic carbocycles. The first-order valence-electron chi connectivity index (χ1n) is 9.36. The molecule has 1 unspecified atom stereocenters. The molecule has 4 rings (SSSR count). The average Bonchev–Trinajstić information content (AvgIpc) is 3.35. The van der Waals surface area contributed by atoms with Gasteiger partial charge in [0.05, 0.1) is 18.1 Å². The highest BCUT2D eigenvalue weighted by atomic mass is 16.3. The van der Waals surface area contributed by atoms with Crippen molar-refractivity contribution in [1.29, 1.82) is 0 Å². The van der Waals surface area contributed by atoms with E-state index >= 15 is 0 Å². The van der Waals surface area contributed by atoms with Gasteiger partial charge in [0.15, 0.2) is 0 Å². The fourth-order valence-corrected chi connectivity index (χ4v) is 3.88. The zero-order valence-corrected chi connectivity index (χ0v) is 15.0. The van der Waals surface area contributed by atoms with Gasteiger partial charge in [-0.3, -0.25) is 9.80 Å². The molecule has 0 amide bonds. The normalized spacial score (nSPS) is 19.2. The van der Waals surface area contributed by atoms with Gasteiger partial charge in [0.1, 0.15) is 0 Å². The van der Waals surface area contributed by atoms with Crippen molar-refractivity contribution in [2.75, 3.05) is 26.7 Å². The summed E-state index contributed by atoms with van der Waals surface area (Å²) in [7, 11) is 2.07. The number of aliphatic hydroxyl groups excluding tert-OH is 1. The lowest BCUT2D eigenvalue weighted by molar-refractivity contribution is 0.0741. The Morgan fingerprint density at radius 2 is 2.08 bits per heavy atom. The third-order valence-electron chi connectivity index (χ3n) is 5.25. The Labute approximate surface area is 149 Å². The van der Waals surface area contributed by atoms with Crippen molar-refractivity contribution >= 4 is 0 Å². The number of β-amino-alcohol motifs (C(OH)–C–C–N with tert-alkyl or cyclic N) is 1. The summed E-state index contributed by atoms with van der Waals surface area (Å²) in [5, 5.41) is 10.5. The number of hydrogen-bond donors (Lipinski definition) is 1. The predicted molar refractivity (Wildman–Crippen MR) is 98.3 cm³/mol. The number of nitrogens with zero attached hydrogens (tertiary/aromatic N) is 4. The first-order valence-corrected chi connectivity index (χ1v) is 9.36. The van der Waals surface area contributed by atoms with Crippen LogP contribution in [0.25, 0.3) is 0 Å². The van der Waals surface area contributed by atoms with Gasteiger partial charge < -0.3 is 9.67 Å². The molecule has 0 radical (unpaired) electrons. The Hall–Kier alpha value is -1.69. The van der Waals surface area contributed by atoms with Crippen LogP contribution in [0.1, 0.15) is 35.8 Å². The van der Waals surface area contributed by atoms with Crippen molar-refractivity contribution in [1.82, 2.24) is 19.4 Å². The van der Waals surface area contributed by atoms with Crippen LogP contribution in [0.2, 0.25) is 0 Å². The minimum Gasteiger partial charge on any atom is -0.390 e. The monoisotopic (exact) mass is 340 g/mol. The molecule has 5 nitrogen and oxygen atoms in total. The van der Waals surface area contributed by atoms with Crippen molar-refractivity contribution in [3.05, 3.63) is 53.6 Å². The third-order valence-corrected chi connectivity index (χ3v) is 5.25. The molecular weight excluding hydrogens is 312 g/mol. The second-order valence-electron chi connectivity index (χ2n) is 7.60. The number of benzene rings is 1. The van der Waals surface area contributed by atoms with E-state index < -0.39 is 0 Å². The van der Waals surface area contributed by atoms with E-state index in [0.717, 1.165) is 32.6 Å². The maximum atomic E-state index is 10.5. The fourth-order valence-electron chi connectivity index (χ4n) is 3.88. The highest BCUT2D eigenvalue weighted by Gasteiger charge is 2.29. The summed E-state index contributed by atoms with van der Waals surface area (Å²) in [6.07, 6.45) is 5.35. The summed E-state index contributed by atoms with van der Waals surface area (Å²) in [6.45, 7) is 4.16. The molecule has 1 atom stereocenters. The van der Waals surface area contributed by atoms with Gasteiger partial charge in [-0.2, -0.15) is 0 Å². The zero-order chi connectivity index (χ0) is 17.2. The molecule has 2 aromatic rings. The van der Waals surface area contributed by atoms with Crippen molar-refractivity contribution in [3.63, 3.8) is 0 Å². The van der Waals surface area contributed by atoms with E-state index in [1.807, 2.05) is 12.4 Å². The highest BCUT2D eigenvalue weighted by Crippen LogP contribution is 2.37. The number of hydrogen-bond acceptors (Lipinski definition) is 4. The Balaban J connectivity index is 1.27. The van der Waals surface area contributed by atoms with Crippen LogP contribution < -0.4 is 0 Å². The smallest absolute Gasteiger partial charge is 0.0954 e. The van der Waals surface area contributed by atoms with Crippen LogP contribution in [0, 0.1) is 0 Å². The second kappa shape index (κ2) is 7.28. The van der Waals surface area contributed by atoms with Crippen LogP contribution in [0.15, 0.2) is 36.7 Å².